The van der Waals surface area contributed by atoms with Crippen molar-refractivity contribution in [1.29, 1.82) is 0 Å². The number of thiophene rings is 2. The molecule has 6 heteroatoms. The van der Waals surface area contributed by atoms with Crippen molar-refractivity contribution in [2.45, 2.75) is 0 Å². The molecule has 0 unspecified atom stereocenters. The summed E-state index contributed by atoms with van der Waals surface area (Å²) in [5.74, 6) is 1.99. The topological polar surface area (TPSA) is 43.6 Å². The molecule has 0 aliphatic carbocycles. The maximum absolute atomic E-state index is 5.02. The number of hydrogen-bond donors (Lipinski definition) is 0. The van der Waals surface area contributed by atoms with Crippen molar-refractivity contribution in [3.63, 3.8) is 0 Å². The summed E-state index contributed by atoms with van der Waals surface area (Å²) in [6.45, 7) is 0. The molecule has 0 bridgehead atoms. The van der Waals surface area contributed by atoms with Crippen LogP contribution in [0, 0.1) is 0 Å². The number of fused-ring (bicyclic) bond motifs is 9. The fourth-order valence-corrected chi connectivity index (χ4v) is 10.8. The minimum atomic E-state index is 0.662. The highest BCUT2D eigenvalue weighted by atomic mass is 32.1. The zero-order valence-corrected chi connectivity index (χ0v) is 32.1. The van der Waals surface area contributed by atoms with Crippen LogP contribution in [0.2, 0.25) is 0 Å². The molecule has 0 amide bonds. The Bertz CT molecular complexity index is 3450. The van der Waals surface area contributed by atoms with Crippen LogP contribution in [0.25, 0.3) is 113 Å². The van der Waals surface area contributed by atoms with E-state index in [1.165, 1.54) is 73.3 Å². The third-order valence-corrected chi connectivity index (χ3v) is 13.4. The van der Waals surface area contributed by atoms with E-state index in [-0.39, 0.29) is 0 Å². The Hall–Kier alpha value is -6.99. The van der Waals surface area contributed by atoms with Gasteiger partial charge in [-0.3, -0.25) is 0 Å². The minimum Gasteiger partial charge on any atom is -0.309 e. The Morgan fingerprint density at radius 1 is 0.333 bits per heavy atom. The van der Waals surface area contributed by atoms with Crippen LogP contribution >= 0.6 is 22.7 Å². The van der Waals surface area contributed by atoms with Gasteiger partial charge in [-0.1, -0.05) is 133 Å². The van der Waals surface area contributed by atoms with Gasteiger partial charge in [-0.2, -0.15) is 0 Å². The fourth-order valence-electron chi connectivity index (χ4n) is 8.36. The predicted octanol–water partition coefficient (Wildman–Crippen LogP) is 14.4. The zero-order chi connectivity index (χ0) is 37.5. The van der Waals surface area contributed by atoms with Gasteiger partial charge in [0.1, 0.15) is 0 Å². The maximum atomic E-state index is 5.02. The van der Waals surface area contributed by atoms with Crippen molar-refractivity contribution in [1.82, 2.24) is 19.5 Å². The van der Waals surface area contributed by atoms with E-state index < -0.39 is 0 Å². The van der Waals surface area contributed by atoms with E-state index >= 15 is 0 Å². The van der Waals surface area contributed by atoms with Gasteiger partial charge in [0.05, 0.1) is 11.0 Å². The quantitative estimate of drug-likeness (QED) is 0.175. The largest absolute Gasteiger partial charge is 0.309 e. The second-order valence-electron chi connectivity index (χ2n) is 14.4. The Morgan fingerprint density at radius 2 is 0.930 bits per heavy atom. The lowest BCUT2D eigenvalue weighted by Gasteiger charge is -2.08. The van der Waals surface area contributed by atoms with Gasteiger partial charge in [0, 0.05) is 73.5 Å². The molecule has 0 N–H and O–H groups in total. The molecule has 8 aromatic carbocycles. The van der Waals surface area contributed by atoms with Gasteiger partial charge in [-0.25, -0.2) is 15.0 Å². The van der Waals surface area contributed by atoms with E-state index in [0.717, 1.165) is 22.4 Å². The third-order valence-electron chi connectivity index (χ3n) is 11.0. The van der Waals surface area contributed by atoms with E-state index in [1.54, 1.807) is 0 Å². The van der Waals surface area contributed by atoms with E-state index in [0.29, 0.717) is 17.5 Å². The monoisotopic (exact) mass is 762 g/mol. The normalized spacial score (nSPS) is 11.9. The van der Waals surface area contributed by atoms with Crippen LogP contribution in [0.5, 0.6) is 0 Å². The molecule has 4 heterocycles. The molecule has 0 saturated carbocycles. The maximum Gasteiger partial charge on any atom is 0.164 e. The SMILES string of the molecule is c1ccc(-c2nc(-c3ccccc3)nc(-c3ccc4c(c3)sc3c(-c5ccc6c(c5)c5cc7c(cc5n6-c5ccccc5)sc5ccccc57)cccc34)n2)cc1. The van der Waals surface area contributed by atoms with Crippen LogP contribution in [0.15, 0.2) is 182 Å². The number of hydrogen-bond acceptors (Lipinski definition) is 5. The number of aromatic nitrogens is 4. The summed E-state index contributed by atoms with van der Waals surface area (Å²) in [6.07, 6.45) is 0. The molecule has 12 rings (SSSR count). The number of benzene rings is 8. The first-order chi connectivity index (χ1) is 28.2. The second-order valence-corrected chi connectivity index (χ2v) is 16.5. The summed E-state index contributed by atoms with van der Waals surface area (Å²) in [5, 5.41) is 7.63. The molecule has 0 fully saturated rings. The molecule has 266 valence electrons. The van der Waals surface area contributed by atoms with Gasteiger partial charge >= 0.3 is 0 Å². The highest BCUT2D eigenvalue weighted by Crippen LogP contribution is 2.44. The van der Waals surface area contributed by atoms with Crippen molar-refractivity contribution in [3.05, 3.63) is 182 Å². The van der Waals surface area contributed by atoms with Gasteiger partial charge < -0.3 is 4.57 Å². The molecule has 57 heavy (non-hydrogen) atoms. The van der Waals surface area contributed by atoms with Gasteiger partial charge in [0.2, 0.25) is 0 Å². The van der Waals surface area contributed by atoms with E-state index in [2.05, 4.69) is 126 Å². The van der Waals surface area contributed by atoms with Gasteiger partial charge in [0.15, 0.2) is 17.5 Å². The van der Waals surface area contributed by atoms with Crippen LogP contribution in [-0.4, -0.2) is 19.5 Å². The molecule has 0 aliphatic heterocycles. The van der Waals surface area contributed by atoms with Crippen LogP contribution in [0.1, 0.15) is 0 Å². The molecule has 0 radical (unpaired) electrons. The molecular weight excluding hydrogens is 733 g/mol. The van der Waals surface area contributed by atoms with Gasteiger partial charge in [-0.05, 0) is 59.7 Å². The minimum absolute atomic E-state index is 0.662. The molecule has 12 aromatic rings. The fraction of sp³-hybridized carbons (Fsp3) is 0. The first kappa shape index (κ1) is 32.3. The number of rotatable bonds is 5. The third kappa shape index (κ3) is 5.22. The summed E-state index contributed by atoms with van der Waals surface area (Å²) in [4.78, 5) is 14.9. The Balaban J connectivity index is 1.03. The summed E-state index contributed by atoms with van der Waals surface area (Å²) >= 11 is 3.70. The second kappa shape index (κ2) is 12.8. The van der Waals surface area contributed by atoms with Gasteiger partial charge in [0.25, 0.3) is 0 Å². The summed E-state index contributed by atoms with van der Waals surface area (Å²) in [5.41, 5.74) is 8.93. The lowest BCUT2D eigenvalue weighted by molar-refractivity contribution is 1.07. The molecular formula is C51H30N4S2. The average Bonchev–Trinajstić information content (AvgIpc) is 3.94. The lowest BCUT2D eigenvalue weighted by Crippen LogP contribution is -1.99. The van der Waals surface area contributed by atoms with E-state index in [9.17, 15) is 0 Å². The Kier molecular flexibility index (Phi) is 7.24. The highest BCUT2D eigenvalue weighted by Gasteiger charge is 2.19. The standard InChI is InChI=1S/C51H30N4S2/c1-4-13-31(14-5-1)49-52-50(32-15-6-2-7-16-32)54-51(53-49)34-23-25-38-39-21-12-20-36(48(39)57-46(38)28-34)33-24-26-43-40(27-33)41-29-42-37-19-10-11-22-45(37)56-47(42)30-44(41)55(43)35-17-8-3-9-18-35/h1-30H. The highest BCUT2D eigenvalue weighted by molar-refractivity contribution is 7.26. The molecule has 0 saturated heterocycles. The van der Waals surface area contributed by atoms with Crippen molar-refractivity contribution < 1.29 is 0 Å². The summed E-state index contributed by atoms with van der Waals surface area (Å²) < 4.78 is 7.52. The van der Waals surface area contributed by atoms with Crippen LogP contribution in [0.3, 0.4) is 0 Å². The Morgan fingerprint density at radius 3 is 1.68 bits per heavy atom. The first-order valence-corrected chi connectivity index (χ1v) is 20.6. The van der Waals surface area contributed by atoms with Crippen molar-refractivity contribution >= 4 is 84.8 Å². The average molecular weight is 763 g/mol. The summed E-state index contributed by atoms with van der Waals surface area (Å²) in [7, 11) is 0. The van der Waals surface area contributed by atoms with E-state index in [1.807, 2.05) is 83.3 Å². The van der Waals surface area contributed by atoms with Crippen LogP contribution in [0.4, 0.5) is 0 Å². The zero-order valence-electron chi connectivity index (χ0n) is 30.4. The van der Waals surface area contributed by atoms with Crippen molar-refractivity contribution in [2.75, 3.05) is 0 Å². The van der Waals surface area contributed by atoms with Crippen LogP contribution in [-0.2, 0) is 0 Å². The number of para-hydroxylation sites is 1. The predicted molar refractivity (Wildman–Crippen MR) is 242 cm³/mol. The molecule has 4 aromatic heterocycles. The van der Waals surface area contributed by atoms with Crippen molar-refractivity contribution in [3.8, 4) is 51.0 Å². The lowest BCUT2D eigenvalue weighted by atomic mass is 10.00. The Labute approximate surface area is 335 Å². The van der Waals surface area contributed by atoms with Gasteiger partial charge in [-0.15, -0.1) is 22.7 Å². The molecule has 0 aliphatic rings. The summed E-state index contributed by atoms with van der Waals surface area (Å²) in [6, 6.07) is 65.0. The smallest absolute Gasteiger partial charge is 0.164 e. The van der Waals surface area contributed by atoms with Crippen molar-refractivity contribution in [2.24, 2.45) is 0 Å². The molecule has 4 nitrogen and oxygen atoms in total. The molecule has 0 atom stereocenters. The van der Waals surface area contributed by atoms with E-state index in [4.69, 9.17) is 15.0 Å². The first-order valence-electron chi connectivity index (χ1n) is 19.0. The molecule has 0 spiro atoms. The number of nitrogens with zero attached hydrogens (tertiary/aromatic N) is 4. The van der Waals surface area contributed by atoms with Crippen LogP contribution < -0.4 is 0 Å².